The number of methoxy groups -OCH3 is 1. The Morgan fingerprint density at radius 1 is 0.980 bits per heavy atom. The molecule has 0 saturated carbocycles. The van der Waals surface area contributed by atoms with Crippen molar-refractivity contribution in [2.24, 2.45) is 0 Å². The number of amides is 3. The Balaban J connectivity index is 0.949. The first-order valence-corrected chi connectivity index (χ1v) is 18.5. The number of rotatable bonds is 15. The van der Waals surface area contributed by atoms with E-state index in [1.807, 2.05) is 49.4 Å². The Hall–Kier alpha value is -4.71. The quantitative estimate of drug-likeness (QED) is 0.0856. The van der Waals surface area contributed by atoms with Crippen LogP contribution in [-0.2, 0) is 16.0 Å². The average molecular weight is 758 g/mol. The molecule has 2 aliphatic rings. The molecule has 0 bridgehead atoms. The molecule has 3 aromatic carbocycles. The van der Waals surface area contributed by atoms with E-state index in [1.54, 1.807) is 12.0 Å². The summed E-state index contributed by atoms with van der Waals surface area (Å²) in [4.78, 5) is 48.3. The van der Waals surface area contributed by atoms with Crippen molar-refractivity contribution in [2.75, 3.05) is 37.4 Å². The molecule has 0 radical (unpaired) electrons. The number of hydrogen-bond acceptors (Lipinski definition) is 9. The van der Waals surface area contributed by atoms with Gasteiger partial charge in [0, 0.05) is 46.7 Å². The highest BCUT2D eigenvalue weighted by Gasteiger charge is 2.37. The van der Waals surface area contributed by atoms with Gasteiger partial charge in [-0.15, -0.1) is 0 Å². The fourth-order valence-corrected chi connectivity index (χ4v) is 7.27. The minimum absolute atomic E-state index is 0.0343. The molecule has 2 unspecified atom stereocenters. The third kappa shape index (κ3) is 8.61. The van der Waals surface area contributed by atoms with Crippen molar-refractivity contribution in [3.8, 4) is 11.5 Å². The lowest BCUT2D eigenvalue weighted by Crippen LogP contribution is -2.56. The summed E-state index contributed by atoms with van der Waals surface area (Å²) in [6.45, 7) is 5.85. The van der Waals surface area contributed by atoms with Crippen LogP contribution >= 0.6 is 15.9 Å². The Bertz CT molecular complexity index is 1920. The second-order valence-electron chi connectivity index (χ2n) is 13.2. The van der Waals surface area contributed by atoms with Crippen LogP contribution in [0.2, 0.25) is 0 Å². The maximum atomic E-state index is 13.3. The minimum atomic E-state index is -0.591. The number of imide groups is 1. The summed E-state index contributed by atoms with van der Waals surface area (Å²) in [7, 11) is 1.65. The van der Waals surface area contributed by atoms with Crippen molar-refractivity contribution in [1.82, 2.24) is 20.2 Å². The van der Waals surface area contributed by atoms with Gasteiger partial charge in [-0.2, -0.15) is 0 Å². The first-order chi connectivity index (χ1) is 24.7. The number of nitrogens with one attached hydrogen (secondary N) is 3. The maximum Gasteiger partial charge on any atom is 0.254 e. The highest BCUT2D eigenvalue weighted by atomic mass is 79.9. The van der Waals surface area contributed by atoms with Crippen molar-refractivity contribution >= 4 is 56.1 Å². The molecule has 3 heterocycles. The zero-order chi connectivity index (χ0) is 35.9. The molecule has 1 aromatic heterocycles. The number of nitrogens with zero attached hydrogens (tertiary/aromatic N) is 3. The van der Waals surface area contributed by atoms with Crippen LogP contribution in [-0.4, -0.2) is 65.4 Å². The van der Waals surface area contributed by atoms with E-state index in [0.29, 0.717) is 48.9 Å². The van der Waals surface area contributed by atoms with Crippen LogP contribution in [0.3, 0.4) is 0 Å². The second kappa shape index (κ2) is 16.5. The van der Waals surface area contributed by atoms with E-state index in [0.717, 1.165) is 76.7 Å². The predicted molar refractivity (Wildman–Crippen MR) is 201 cm³/mol. The summed E-state index contributed by atoms with van der Waals surface area (Å²) in [5.41, 5.74) is 4.54. The van der Waals surface area contributed by atoms with Crippen LogP contribution < -0.4 is 25.4 Å². The monoisotopic (exact) mass is 756 g/mol. The van der Waals surface area contributed by atoms with Gasteiger partial charge in [0.1, 0.15) is 17.7 Å². The standard InChI is InChI=1S/C39H45BrN6O5/c1-24(26-11-9-12-27(40)21-26)42-37-30-22-34(50-3)35(23-32(30)43-25(2)44-37)51-20-8-6-4-5-7-18-41-31-14-10-13-29-28(31)17-19-46(39(29)49)33-15-16-36(47)45-38(33)48/h9-14,21-24,33,41H,4-8,15-20H2,1-3H3,(H,42,43,44)(H,45,47,48). The van der Waals surface area contributed by atoms with Crippen LogP contribution in [0.4, 0.5) is 11.5 Å². The van der Waals surface area contributed by atoms with Gasteiger partial charge in [-0.1, -0.05) is 53.4 Å². The summed E-state index contributed by atoms with van der Waals surface area (Å²) < 4.78 is 12.9. The van der Waals surface area contributed by atoms with E-state index >= 15 is 0 Å². The molecule has 4 aromatic rings. The average Bonchev–Trinajstić information content (AvgIpc) is 3.11. The first kappa shape index (κ1) is 36.1. The van der Waals surface area contributed by atoms with Crippen molar-refractivity contribution < 1.29 is 23.9 Å². The molecule has 3 amide bonds. The lowest BCUT2D eigenvalue weighted by Gasteiger charge is -2.36. The molecule has 12 heteroatoms. The summed E-state index contributed by atoms with van der Waals surface area (Å²) in [5.74, 6) is 1.93. The molecule has 2 aliphatic heterocycles. The van der Waals surface area contributed by atoms with Gasteiger partial charge in [-0.3, -0.25) is 19.7 Å². The van der Waals surface area contributed by atoms with Crippen LogP contribution in [0.15, 0.2) is 59.1 Å². The lowest BCUT2D eigenvalue weighted by molar-refractivity contribution is -0.136. The van der Waals surface area contributed by atoms with Crippen LogP contribution in [0.1, 0.15) is 85.2 Å². The van der Waals surface area contributed by atoms with Crippen molar-refractivity contribution in [1.29, 1.82) is 0 Å². The predicted octanol–water partition coefficient (Wildman–Crippen LogP) is 7.13. The Kier molecular flexibility index (Phi) is 11.7. The third-order valence-electron chi connectivity index (χ3n) is 9.55. The SMILES string of the molecule is COc1cc2c(NC(C)c3cccc(Br)c3)nc(C)nc2cc1OCCCCCCCNc1cccc2c1CCN(C1CCC(=O)NC1=O)C2=O. The van der Waals surface area contributed by atoms with Gasteiger partial charge in [0.2, 0.25) is 11.8 Å². The molecule has 2 atom stereocenters. The lowest BCUT2D eigenvalue weighted by atomic mass is 9.94. The largest absolute Gasteiger partial charge is 0.493 e. The molecule has 0 aliphatic carbocycles. The van der Waals surface area contributed by atoms with Crippen molar-refractivity contribution in [3.63, 3.8) is 0 Å². The minimum Gasteiger partial charge on any atom is -0.493 e. The topological polar surface area (TPSA) is 135 Å². The second-order valence-corrected chi connectivity index (χ2v) is 14.1. The van der Waals surface area contributed by atoms with E-state index in [9.17, 15) is 14.4 Å². The number of aryl methyl sites for hydroxylation is 1. The summed E-state index contributed by atoms with van der Waals surface area (Å²) in [6.07, 6.45) is 6.43. The van der Waals surface area contributed by atoms with E-state index in [1.165, 1.54) is 0 Å². The molecule has 1 fully saturated rings. The van der Waals surface area contributed by atoms with Crippen LogP contribution in [0.25, 0.3) is 10.9 Å². The molecule has 268 valence electrons. The van der Waals surface area contributed by atoms with Crippen LogP contribution in [0.5, 0.6) is 11.5 Å². The van der Waals surface area contributed by atoms with Crippen molar-refractivity contribution in [3.05, 3.63) is 81.6 Å². The summed E-state index contributed by atoms with van der Waals surface area (Å²) in [6, 6.07) is 17.3. The number of anilines is 2. The number of piperidine rings is 1. The molecule has 51 heavy (non-hydrogen) atoms. The molecule has 11 nitrogen and oxygen atoms in total. The normalized spacial score (nSPS) is 16.4. The number of carbonyl (C=O) groups is 3. The van der Waals surface area contributed by atoms with Gasteiger partial charge in [0.25, 0.3) is 5.91 Å². The van der Waals surface area contributed by atoms with E-state index in [2.05, 4.69) is 55.9 Å². The van der Waals surface area contributed by atoms with E-state index in [4.69, 9.17) is 14.5 Å². The van der Waals surface area contributed by atoms with Gasteiger partial charge >= 0.3 is 0 Å². The van der Waals surface area contributed by atoms with Gasteiger partial charge in [0.05, 0.1) is 25.3 Å². The Labute approximate surface area is 307 Å². The zero-order valence-electron chi connectivity index (χ0n) is 29.4. The maximum absolute atomic E-state index is 13.3. The fourth-order valence-electron chi connectivity index (χ4n) is 6.85. The number of fused-ring (bicyclic) bond motifs is 2. The van der Waals surface area contributed by atoms with Gasteiger partial charge in [-0.05, 0) is 81.0 Å². The Morgan fingerprint density at radius 2 is 1.78 bits per heavy atom. The smallest absolute Gasteiger partial charge is 0.254 e. The Morgan fingerprint density at radius 3 is 2.59 bits per heavy atom. The number of carbonyl (C=O) groups excluding carboxylic acids is 3. The number of unbranched alkanes of at least 4 members (excludes halogenated alkanes) is 4. The number of hydrogen-bond donors (Lipinski definition) is 3. The molecule has 6 rings (SSSR count). The molecule has 1 saturated heterocycles. The van der Waals surface area contributed by atoms with E-state index in [-0.39, 0.29) is 30.2 Å². The number of halogens is 1. The fraction of sp³-hybridized carbons (Fsp3) is 0.410. The number of benzene rings is 3. The first-order valence-electron chi connectivity index (χ1n) is 17.7. The zero-order valence-corrected chi connectivity index (χ0v) is 31.0. The van der Waals surface area contributed by atoms with Gasteiger partial charge in [-0.25, -0.2) is 9.97 Å². The van der Waals surface area contributed by atoms with Crippen molar-refractivity contribution in [2.45, 2.75) is 77.3 Å². The number of aromatic nitrogens is 2. The number of ether oxygens (including phenoxy) is 2. The summed E-state index contributed by atoms with van der Waals surface area (Å²) in [5, 5.41) is 10.3. The van der Waals surface area contributed by atoms with Crippen LogP contribution in [0, 0.1) is 6.92 Å². The summed E-state index contributed by atoms with van der Waals surface area (Å²) >= 11 is 3.56. The molecular weight excluding hydrogens is 712 g/mol. The highest BCUT2D eigenvalue weighted by Crippen LogP contribution is 2.36. The third-order valence-corrected chi connectivity index (χ3v) is 10.0. The molecule has 0 spiro atoms. The van der Waals surface area contributed by atoms with Gasteiger partial charge in [0.15, 0.2) is 11.5 Å². The molecule has 3 N–H and O–H groups in total. The van der Waals surface area contributed by atoms with E-state index < -0.39 is 6.04 Å². The molecular formula is C39H45BrN6O5. The van der Waals surface area contributed by atoms with Gasteiger partial charge < -0.3 is 25.0 Å². The highest BCUT2D eigenvalue weighted by molar-refractivity contribution is 9.10.